The van der Waals surface area contributed by atoms with E-state index in [2.05, 4.69) is 6.92 Å². The molecule has 0 spiro atoms. The lowest BCUT2D eigenvalue weighted by Gasteiger charge is -2.45. The second-order valence-corrected chi connectivity index (χ2v) is 5.12. The monoisotopic (exact) mass is 276 g/mol. The van der Waals surface area contributed by atoms with Crippen LogP contribution >= 0.6 is 0 Å². The molecule has 6 heteroatoms. The Bertz CT molecular complexity index is 272. The van der Waals surface area contributed by atoms with Crippen LogP contribution < -0.4 is 0 Å². The number of aliphatic hydroxyl groups excluding tert-OH is 2. The van der Waals surface area contributed by atoms with Gasteiger partial charge < -0.3 is 29.2 Å². The Labute approximate surface area is 113 Å². The zero-order valence-electron chi connectivity index (χ0n) is 11.5. The van der Waals surface area contributed by atoms with Crippen LogP contribution in [0.4, 0.5) is 0 Å². The summed E-state index contributed by atoms with van der Waals surface area (Å²) in [4.78, 5) is 0. The van der Waals surface area contributed by atoms with Gasteiger partial charge in [-0.05, 0) is 12.8 Å². The van der Waals surface area contributed by atoms with Gasteiger partial charge in [-0.25, -0.2) is 0 Å². The lowest BCUT2D eigenvalue weighted by atomic mass is 9.98. The van der Waals surface area contributed by atoms with Gasteiger partial charge in [-0.3, -0.25) is 0 Å². The Hall–Kier alpha value is -0.240. The maximum atomic E-state index is 10.1. The summed E-state index contributed by atoms with van der Waals surface area (Å²) < 4.78 is 21.8. The second-order valence-electron chi connectivity index (χ2n) is 5.12. The summed E-state index contributed by atoms with van der Waals surface area (Å²) in [6.07, 6.45) is -0.123. The molecule has 0 aromatic carbocycles. The first-order chi connectivity index (χ1) is 9.17. The Morgan fingerprint density at radius 2 is 1.95 bits per heavy atom. The number of aliphatic hydroxyl groups is 2. The molecule has 2 rings (SSSR count). The quantitative estimate of drug-likeness (QED) is 0.708. The molecule has 2 aliphatic rings. The molecule has 19 heavy (non-hydrogen) atoms. The van der Waals surface area contributed by atoms with Crippen molar-refractivity contribution in [3.63, 3.8) is 0 Å². The number of rotatable bonds is 5. The molecule has 2 aliphatic heterocycles. The molecule has 6 atom stereocenters. The first-order valence-electron chi connectivity index (χ1n) is 6.98. The Morgan fingerprint density at radius 3 is 2.63 bits per heavy atom. The fraction of sp³-hybridized carbons (Fsp3) is 1.00. The van der Waals surface area contributed by atoms with Crippen molar-refractivity contribution in [1.82, 2.24) is 0 Å². The van der Waals surface area contributed by atoms with Crippen LogP contribution in [0, 0.1) is 0 Å². The van der Waals surface area contributed by atoms with E-state index in [4.69, 9.17) is 18.9 Å². The number of fused-ring (bicyclic) bond motifs is 1. The van der Waals surface area contributed by atoms with E-state index in [9.17, 15) is 10.2 Å². The lowest BCUT2D eigenvalue weighted by molar-refractivity contribution is -0.356. The van der Waals surface area contributed by atoms with Crippen LogP contribution in [0.2, 0.25) is 0 Å². The van der Waals surface area contributed by atoms with Crippen molar-refractivity contribution in [2.45, 2.75) is 69.6 Å². The molecule has 0 amide bonds. The maximum absolute atomic E-state index is 10.1. The van der Waals surface area contributed by atoms with E-state index in [1.54, 1.807) is 0 Å². The van der Waals surface area contributed by atoms with Gasteiger partial charge in [-0.2, -0.15) is 0 Å². The molecule has 2 fully saturated rings. The standard InChI is InChI=1S/C13H24O6/c1-3-4-5-6-9-17-7-8-12(19-9)10(14)11(15)13(16-2)18-8/h8-15H,3-7H2,1-2H3/t8-,9?,10-,11-,12-,13-/m1/s1. The predicted octanol–water partition coefficient (Wildman–Crippen LogP) is 0.401. The molecule has 2 heterocycles. The molecule has 0 aromatic rings. The van der Waals surface area contributed by atoms with Crippen molar-refractivity contribution in [3.8, 4) is 0 Å². The van der Waals surface area contributed by atoms with E-state index in [0.29, 0.717) is 6.61 Å². The summed E-state index contributed by atoms with van der Waals surface area (Å²) in [5.74, 6) is 0. The third-order valence-corrected chi connectivity index (χ3v) is 3.67. The summed E-state index contributed by atoms with van der Waals surface area (Å²) in [6, 6.07) is 0. The van der Waals surface area contributed by atoms with Crippen LogP contribution in [-0.2, 0) is 18.9 Å². The molecule has 0 aliphatic carbocycles. The highest BCUT2D eigenvalue weighted by molar-refractivity contribution is 4.92. The molecule has 2 N–H and O–H groups in total. The number of methoxy groups -OCH3 is 1. The first-order valence-corrected chi connectivity index (χ1v) is 6.98. The van der Waals surface area contributed by atoms with Crippen LogP contribution in [0.5, 0.6) is 0 Å². The SMILES string of the molecule is CCCCCC1OC[C@H]2O[C@@H](OC)[C@H](O)[C@@H](O)[C@@H]2O1. The van der Waals surface area contributed by atoms with Gasteiger partial charge in [0.1, 0.15) is 24.4 Å². The number of unbranched alkanes of at least 4 members (excludes halogenated alkanes) is 2. The first kappa shape index (κ1) is 15.2. The molecular weight excluding hydrogens is 252 g/mol. The van der Waals surface area contributed by atoms with Crippen LogP contribution in [0.3, 0.4) is 0 Å². The fourth-order valence-corrected chi connectivity index (χ4v) is 2.53. The van der Waals surface area contributed by atoms with Gasteiger partial charge in [-0.15, -0.1) is 0 Å². The zero-order chi connectivity index (χ0) is 13.8. The molecule has 2 saturated heterocycles. The van der Waals surface area contributed by atoms with Crippen LogP contribution in [-0.4, -0.2) is 60.9 Å². The molecule has 0 radical (unpaired) electrons. The molecule has 1 unspecified atom stereocenters. The smallest absolute Gasteiger partial charge is 0.186 e. The number of ether oxygens (including phenoxy) is 4. The van der Waals surface area contributed by atoms with E-state index in [0.717, 1.165) is 25.7 Å². The molecule has 0 saturated carbocycles. The summed E-state index contributed by atoms with van der Waals surface area (Å²) >= 11 is 0. The second kappa shape index (κ2) is 6.97. The van der Waals surface area contributed by atoms with Gasteiger partial charge in [0, 0.05) is 7.11 Å². The minimum Gasteiger partial charge on any atom is -0.387 e. The largest absolute Gasteiger partial charge is 0.387 e. The van der Waals surface area contributed by atoms with Crippen molar-refractivity contribution >= 4 is 0 Å². The van der Waals surface area contributed by atoms with E-state index >= 15 is 0 Å². The Balaban J connectivity index is 1.88. The van der Waals surface area contributed by atoms with Gasteiger partial charge >= 0.3 is 0 Å². The highest BCUT2D eigenvalue weighted by Gasteiger charge is 2.48. The summed E-state index contributed by atoms with van der Waals surface area (Å²) in [5, 5.41) is 19.9. The van der Waals surface area contributed by atoms with Crippen molar-refractivity contribution in [1.29, 1.82) is 0 Å². The molecular formula is C13H24O6. The van der Waals surface area contributed by atoms with E-state index in [1.165, 1.54) is 7.11 Å². The van der Waals surface area contributed by atoms with Gasteiger partial charge in [0.05, 0.1) is 6.61 Å². The van der Waals surface area contributed by atoms with E-state index in [-0.39, 0.29) is 6.29 Å². The van der Waals surface area contributed by atoms with Gasteiger partial charge in [0.2, 0.25) is 0 Å². The summed E-state index contributed by atoms with van der Waals surface area (Å²) in [5.41, 5.74) is 0. The summed E-state index contributed by atoms with van der Waals surface area (Å²) in [7, 11) is 1.43. The topological polar surface area (TPSA) is 77.4 Å². The number of hydrogen-bond donors (Lipinski definition) is 2. The highest BCUT2D eigenvalue weighted by atomic mass is 16.7. The molecule has 0 aromatic heterocycles. The normalized spacial score (nSPS) is 42.9. The minimum absolute atomic E-state index is 0.322. The van der Waals surface area contributed by atoms with Crippen LogP contribution in [0.15, 0.2) is 0 Å². The van der Waals surface area contributed by atoms with Gasteiger partial charge in [-0.1, -0.05) is 19.8 Å². The third-order valence-electron chi connectivity index (χ3n) is 3.67. The Morgan fingerprint density at radius 1 is 1.16 bits per heavy atom. The fourth-order valence-electron chi connectivity index (χ4n) is 2.53. The van der Waals surface area contributed by atoms with Crippen LogP contribution in [0.1, 0.15) is 32.6 Å². The van der Waals surface area contributed by atoms with Crippen molar-refractivity contribution < 1.29 is 29.2 Å². The Kier molecular flexibility index (Phi) is 5.56. The average Bonchev–Trinajstić information content (AvgIpc) is 2.43. The van der Waals surface area contributed by atoms with E-state index < -0.39 is 30.7 Å². The maximum Gasteiger partial charge on any atom is 0.186 e. The van der Waals surface area contributed by atoms with Gasteiger partial charge in [0.15, 0.2) is 12.6 Å². The number of hydrogen-bond acceptors (Lipinski definition) is 6. The molecule has 0 bridgehead atoms. The predicted molar refractivity (Wildman–Crippen MR) is 66.4 cm³/mol. The molecule has 6 nitrogen and oxygen atoms in total. The van der Waals surface area contributed by atoms with Crippen molar-refractivity contribution in [2.75, 3.05) is 13.7 Å². The third kappa shape index (κ3) is 3.45. The average molecular weight is 276 g/mol. The van der Waals surface area contributed by atoms with Crippen molar-refractivity contribution in [3.05, 3.63) is 0 Å². The van der Waals surface area contributed by atoms with Crippen LogP contribution in [0.25, 0.3) is 0 Å². The minimum atomic E-state index is -1.10. The lowest BCUT2D eigenvalue weighted by Crippen LogP contribution is -2.63. The van der Waals surface area contributed by atoms with Crippen molar-refractivity contribution in [2.24, 2.45) is 0 Å². The van der Waals surface area contributed by atoms with Gasteiger partial charge in [0.25, 0.3) is 0 Å². The molecule has 112 valence electrons. The summed E-state index contributed by atoms with van der Waals surface area (Å²) in [6.45, 7) is 2.49. The zero-order valence-corrected chi connectivity index (χ0v) is 11.5. The highest BCUT2D eigenvalue weighted by Crippen LogP contribution is 2.29. The van der Waals surface area contributed by atoms with E-state index in [1.807, 2.05) is 0 Å².